The topological polar surface area (TPSA) is 66.8 Å². The lowest BCUT2D eigenvalue weighted by molar-refractivity contribution is -0.147. The molecule has 0 aliphatic rings. The van der Waals surface area contributed by atoms with Crippen molar-refractivity contribution in [2.75, 3.05) is 0 Å². The molecule has 0 amide bonds. The predicted octanol–water partition coefficient (Wildman–Crippen LogP) is 2.93. The minimum Gasteiger partial charge on any atom is -0.479 e. The number of benzene rings is 1. The van der Waals surface area contributed by atoms with Gasteiger partial charge >= 0.3 is 12.6 Å². The molecule has 0 aliphatic carbocycles. The maximum Gasteiger partial charge on any atom is 0.387 e. The highest BCUT2D eigenvalue weighted by atomic mass is 79.9. The Labute approximate surface area is 111 Å². The van der Waals surface area contributed by atoms with E-state index in [-0.39, 0.29) is 15.8 Å². The van der Waals surface area contributed by atoms with E-state index in [0.717, 1.165) is 0 Å². The molecule has 94 valence electrons. The van der Waals surface area contributed by atoms with Gasteiger partial charge in [0.15, 0.2) is 6.10 Å². The number of aliphatic hydroxyl groups is 1. The average molecular weight is 376 g/mol. The Morgan fingerprint density at radius 1 is 1.35 bits per heavy atom. The van der Waals surface area contributed by atoms with Crippen LogP contribution in [0, 0.1) is 0 Å². The number of carboxylic acids is 1. The van der Waals surface area contributed by atoms with Crippen LogP contribution in [0.15, 0.2) is 21.1 Å². The van der Waals surface area contributed by atoms with E-state index in [0.29, 0.717) is 4.47 Å². The van der Waals surface area contributed by atoms with Crippen molar-refractivity contribution in [3.8, 4) is 5.75 Å². The SMILES string of the molecule is O=C(O)C(O)c1cc(Br)cc(OC(F)F)c1Br. The molecular formula is C9H6Br2F2O4. The number of carbonyl (C=O) groups is 1. The third-order valence-electron chi connectivity index (χ3n) is 1.78. The van der Waals surface area contributed by atoms with Crippen molar-refractivity contribution in [1.82, 2.24) is 0 Å². The van der Waals surface area contributed by atoms with Gasteiger partial charge < -0.3 is 14.9 Å². The largest absolute Gasteiger partial charge is 0.479 e. The highest BCUT2D eigenvalue weighted by Crippen LogP contribution is 2.36. The van der Waals surface area contributed by atoms with Gasteiger partial charge in [0.25, 0.3) is 0 Å². The van der Waals surface area contributed by atoms with Crippen molar-refractivity contribution in [2.45, 2.75) is 12.7 Å². The lowest BCUT2D eigenvalue weighted by atomic mass is 10.1. The number of ether oxygens (including phenoxy) is 1. The summed E-state index contributed by atoms with van der Waals surface area (Å²) in [5, 5.41) is 18.0. The molecule has 0 fully saturated rings. The number of halogens is 4. The molecule has 0 bridgehead atoms. The zero-order chi connectivity index (χ0) is 13.2. The summed E-state index contributed by atoms with van der Waals surface area (Å²) in [5.41, 5.74) is -0.0810. The van der Waals surface area contributed by atoms with E-state index in [1.807, 2.05) is 0 Å². The number of rotatable bonds is 4. The Morgan fingerprint density at radius 2 is 1.94 bits per heavy atom. The molecule has 1 aromatic rings. The number of hydrogen-bond donors (Lipinski definition) is 2. The Hall–Kier alpha value is -0.730. The standard InChI is InChI=1S/C9H6Br2F2O4/c10-3-1-4(7(14)8(15)16)6(11)5(2-3)17-9(12)13/h1-2,7,9,14H,(H,15,16). The molecule has 4 nitrogen and oxygen atoms in total. The summed E-state index contributed by atoms with van der Waals surface area (Å²) in [5.74, 6) is -1.75. The quantitative estimate of drug-likeness (QED) is 0.849. The van der Waals surface area contributed by atoms with Gasteiger partial charge in [0.1, 0.15) is 5.75 Å². The second-order valence-corrected chi connectivity index (χ2v) is 4.64. The smallest absolute Gasteiger partial charge is 0.387 e. The fraction of sp³-hybridized carbons (Fsp3) is 0.222. The van der Waals surface area contributed by atoms with Gasteiger partial charge in [-0.2, -0.15) is 8.78 Å². The lowest BCUT2D eigenvalue weighted by Crippen LogP contribution is -2.12. The van der Waals surface area contributed by atoms with E-state index in [9.17, 15) is 18.7 Å². The number of aliphatic hydroxyl groups excluding tert-OH is 1. The molecule has 0 aromatic heterocycles. The third kappa shape index (κ3) is 3.62. The van der Waals surface area contributed by atoms with Crippen molar-refractivity contribution < 1.29 is 28.5 Å². The summed E-state index contributed by atoms with van der Waals surface area (Å²) in [6, 6.07) is 2.52. The van der Waals surface area contributed by atoms with Crippen LogP contribution in [0.3, 0.4) is 0 Å². The summed E-state index contributed by atoms with van der Waals surface area (Å²) in [7, 11) is 0. The van der Waals surface area contributed by atoms with Crippen molar-refractivity contribution in [3.05, 3.63) is 26.6 Å². The molecule has 1 rings (SSSR count). The lowest BCUT2D eigenvalue weighted by Gasteiger charge is -2.13. The fourth-order valence-corrected chi connectivity index (χ4v) is 2.09. The van der Waals surface area contributed by atoms with Crippen LogP contribution < -0.4 is 4.74 Å². The van der Waals surface area contributed by atoms with Gasteiger partial charge in [-0.1, -0.05) is 15.9 Å². The first kappa shape index (κ1) is 14.3. The van der Waals surface area contributed by atoms with Crippen LogP contribution in [0.2, 0.25) is 0 Å². The fourth-order valence-electron chi connectivity index (χ4n) is 1.10. The molecule has 0 saturated carbocycles. The summed E-state index contributed by atoms with van der Waals surface area (Å²) in [6.07, 6.45) is -1.83. The summed E-state index contributed by atoms with van der Waals surface area (Å²) < 4.78 is 28.6. The minimum atomic E-state index is -3.05. The Kier molecular flexibility index (Phi) is 4.84. The highest BCUT2D eigenvalue weighted by Gasteiger charge is 2.23. The van der Waals surface area contributed by atoms with Gasteiger partial charge in [-0.3, -0.25) is 0 Å². The zero-order valence-corrected chi connectivity index (χ0v) is 11.2. The van der Waals surface area contributed by atoms with Crippen LogP contribution in [-0.2, 0) is 4.79 Å². The molecule has 0 aliphatic heterocycles. The van der Waals surface area contributed by atoms with E-state index in [1.165, 1.54) is 12.1 Å². The molecule has 0 heterocycles. The van der Waals surface area contributed by atoms with E-state index in [4.69, 9.17) is 5.11 Å². The molecule has 2 N–H and O–H groups in total. The molecule has 1 unspecified atom stereocenters. The van der Waals surface area contributed by atoms with Gasteiger partial charge in [-0.05, 0) is 28.1 Å². The van der Waals surface area contributed by atoms with Crippen LogP contribution in [-0.4, -0.2) is 22.8 Å². The average Bonchev–Trinajstić information content (AvgIpc) is 2.21. The van der Waals surface area contributed by atoms with Crippen LogP contribution in [0.4, 0.5) is 8.78 Å². The second kappa shape index (κ2) is 5.74. The predicted molar refractivity (Wildman–Crippen MR) is 61.1 cm³/mol. The summed E-state index contributed by atoms with van der Waals surface area (Å²) >= 11 is 5.92. The van der Waals surface area contributed by atoms with Crippen LogP contribution in [0.5, 0.6) is 5.75 Å². The molecule has 8 heteroatoms. The molecule has 17 heavy (non-hydrogen) atoms. The maximum atomic E-state index is 12.1. The normalized spacial score (nSPS) is 12.6. The molecule has 0 saturated heterocycles. The Morgan fingerprint density at radius 3 is 2.41 bits per heavy atom. The van der Waals surface area contributed by atoms with Crippen molar-refractivity contribution >= 4 is 37.8 Å². The monoisotopic (exact) mass is 374 g/mol. The first-order valence-electron chi connectivity index (χ1n) is 4.17. The number of aliphatic carboxylic acids is 1. The third-order valence-corrected chi connectivity index (χ3v) is 3.08. The van der Waals surface area contributed by atoms with Gasteiger partial charge in [-0.25, -0.2) is 4.79 Å². The van der Waals surface area contributed by atoms with E-state index >= 15 is 0 Å². The molecule has 0 spiro atoms. The van der Waals surface area contributed by atoms with Crippen molar-refractivity contribution in [3.63, 3.8) is 0 Å². The highest BCUT2D eigenvalue weighted by molar-refractivity contribution is 9.11. The van der Waals surface area contributed by atoms with Crippen LogP contribution in [0.25, 0.3) is 0 Å². The molecule has 0 radical (unpaired) electrons. The second-order valence-electron chi connectivity index (χ2n) is 2.93. The van der Waals surface area contributed by atoms with Crippen molar-refractivity contribution in [1.29, 1.82) is 0 Å². The van der Waals surface area contributed by atoms with E-state index < -0.39 is 18.7 Å². The first-order chi connectivity index (χ1) is 7.82. The van der Waals surface area contributed by atoms with Gasteiger partial charge in [0.2, 0.25) is 0 Å². The zero-order valence-electron chi connectivity index (χ0n) is 8.03. The summed E-state index contributed by atoms with van der Waals surface area (Å²) in [6.45, 7) is -3.05. The Balaban J connectivity index is 3.23. The van der Waals surface area contributed by atoms with Gasteiger partial charge in [0, 0.05) is 10.0 Å². The van der Waals surface area contributed by atoms with E-state index in [1.54, 1.807) is 0 Å². The molecule has 1 aromatic carbocycles. The molecular weight excluding hydrogens is 370 g/mol. The first-order valence-corrected chi connectivity index (χ1v) is 5.76. The van der Waals surface area contributed by atoms with Gasteiger partial charge in [-0.15, -0.1) is 0 Å². The minimum absolute atomic E-state index is 0.0316. The van der Waals surface area contributed by atoms with Crippen LogP contribution in [0.1, 0.15) is 11.7 Å². The van der Waals surface area contributed by atoms with Gasteiger partial charge in [0.05, 0.1) is 4.47 Å². The summed E-state index contributed by atoms with van der Waals surface area (Å²) in [4.78, 5) is 10.6. The number of hydrogen-bond acceptors (Lipinski definition) is 3. The Bertz CT molecular complexity index is 439. The number of alkyl halides is 2. The van der Waals surface area contributed by atoms with Crippen LogP contribution >= 0.6 is 31.9 Å². The number of carboxylic acid groups (broad SMARTS) is 1. The molecule has 1 atom stereocenters. The van der Waals surface area contributed by atoms with Crippen molar-refractivity contribution in [2.24, 2.45) is 0 Å². The maximum absolute atomic E-state index is 12.1. The van der Waals surface area contributed by atoms with E-state index in [2.05, 4.69) is 36.6 Å².